The smallest absolute Gasteiger partial charge is 0.270 e. The lowest BCUT2D eigenvalue weighted by Crippen LogP contribution is -2.61. The Bertz CT molecular complexity index is 1990. The van der Waals surface area contributed by atoms with Crippen molar-refractivity contribution in [2.75, 3.05) is 19.8 Å². The average molecular weight is 682 g/mol. The summed E-state index contributed by atoms with van der Waals surface area (Å²) >= 11 is 0. The predicted octanol–water partition coefficient (Wildman–Crippen LogP) is 4.50. The minimum absolute atomic E-state index is 0.0916. The molecule has 11 nitrogen and oxygen atoms in total. The molecule has 2 aromatic heterocycles. The molecule has 3 amide bonds. The van der Waals surface area contributed by atoms with Crippen molar-refractivity contribution >= 4 is 28.8 Å². The fraction of sp³-hybridized carbons (Fsp3) is 0.500. The molecule has 2 aromatic carbocycles. The number of nitrogens with one attached hydrogen (secondary N) is 4. The number of aromatic nitrogens is 4. The van der Waals surface area contributed by atoms with Gasteiger partial charge in [0.2, 0.25) is 11.8 Å². The maximum atomic E-state index is 14.7. The highest BCUT2D eigenvalue weighted by Crippen LogP contribution is 2.66. The number of nitrogens with zero attached hydrogens (tertiary/aromatic N) is 3. The average Bonchev–Trinajstić information content (AvgIpc) is 3.50. The standard InChI is InChI=1S/C38H44FN7O4/c1-4-40-34(48)31(36(2)11-5-12-36)45-35(49)38(15-17-50-21-38)23-7-9-26-27(18-23)43-32(42-26)30(44-33(47)28-10-16-41-46(28)3)29-25-19-24(39)8-6-22(25)20-37(29)13-14-37/h6-10,16,18-19,29-31H,4-5,11-15,17,20-21H2,1-3H3,(H,40,48)(H,42,43)(H,44,47)(H,45,49)/t29-,30+,31+,38?/m1/s1. The summed E-state index contributed by atoms with van der Waals surface area (Å²) in [5.74, 6) is -0.610. The molecule has 3 aliphatic carbocycles. The van der Waals surface area contributed by atoms with Gasteiger partial charge in [-0.15, -0.1) is 0 Å². The van der Waals surface area contributed by atoms with Crippen LogP contribution in [-0.2, 0) is 33.2 Å². The first-order chi connectivity index (χ1) is 24.1. The van der Waals surface area contributed by atoms with Crippen molar-refractivity contribution in [3.8, 4) is 0 Å². The summed E-state index contributed by atoms with van der Waals surface area (Å²) in [5.41, 5.74) is 3.18. The first kappa shape index (κ1) is 32.6. The van der Waals surface area contributed by atoms with E-state index in [1.807, 2.05) is 31.2 Å². The zero-order valence-corrected chi connectivity index (χ0v) is 28.8. The topological polar surface area (TPSA) is 143 Å². The lowest BCUT2D eigenvalue weighted by atomic mass is 9.65. The third-order valence-corrected chi connectivity index (χ3v) is 12.1. The molecule has 1 spiro atoms. The first-order valence-electron chi connectivity index (χ1n) is 17.8. The van der Waals surface area contributed by atoms with E-state index in [2.05, 4.69) is 33.0 Å². The van der Waals surface area contributed by atoms with Crippen molar-refractivity contribution in [1.29, 1.82) is 0 Å². The Balaban J connectivity index is 1.16. The van der Waals surface area contributed by atoms with Crippen LogP contribution in [0.25, 0.3) is 11.0 Å². The highest BCUT2D eigenvalue weighted by Gasteiger charge is 2.58. The fourth-order valence-electron chi connectivity index (χ4n) is 8.84. The van der Waals surface area contributed by atoms with E-state index < -0.39 is 17.5 Å². The number of imidazole rings is 1. The van der Waals surface area contributed by atoms with Crippen molar-refractivity contribution in [2.45, 2.75) is 82.2 Å². The molecule has 1 aliphatic heterocycles. The Labute approximate surface area is 290 Å². The maximum Gasteiger partial charge on any atom is 0.270 e. The van der Waals surface area contributed by atoms with Crippen LogP contribution in [0.3, 0.4) is 0 Å². The van der Waals surface area contributed by atoms with Crippen LogP contribution in [-0.4, -0.2) is 63.3 Å². The molecule has 2 saturated carbocycles. The van der Waals surface area contributed by atoms with Crippen LogP contribution in [0.5, 0.6) is 0 Å². The maximum absolute atomic E-state index is 14.7. The van der Waals surface area contributed by atoms with E-state index in [9.17, 15) is 18.8 Å². The Kier molecular flexibility index (Phi) is 7.85. The zero-order chi connectivity index (χ0) is 34.8. The summed E-state index contributed by atoms with van der Waals surface area (Å²) in [6, 6.07) is 11.2. The number of likely N-dealkylation sites (N-methyl/N-ethyl adjacent to an activating group) is 1. The van der Waals surface area contributed by atoms with Gasteiger partial charge in [0.1, 0.15) is 23.4 Å². The van der Waals surface area contributed by atoms with Crippen molar-refractivity contribution in [1.82, 2.24) is 35.7 Å². The molecule has 0 bridgehead atoms. The molecule has 3 heterocycles. The number of rotatable bonds is 10. The Morgan fingerprint density at radius 2 is 1.90 bits per heavy atom. The number of aromatic amines is 1. The van der Waals surface area contributed by atoms with E-state index in [0.29, 0.717) is 36.6 Å². The number of carbonyl (C=O) groups excluding carboxylic acids is 3. The van der Waals surface area contributed by atoms with Gasteiger partial charge in [0.05, 0.1) is 29.1 Å². The Hall–Kier alpha value is -4.58. The number of halogens is 1. The Morgan fingerprint density at radius 1 is 1.08 bits per heavy atom. The number of aryl methyl sites for hydroxylation is 1. The third-order valence-electron chi connectivity index (χ3n) is 12.1. The van der Waals surface area contributed by atoms with Gasteiger partial charge in [0, 0.05) is 32.3 Å². The Morgan fingerprint density at radius 3 is 2.56 bits per heavy atom. The van der Waals surface area contributed by atoms with Gasteiger partial charge >= 0.3 is 0 Å². The van der Waals surface area contributed by atoms with Gasteiger partial charge in [-0.3, -0.25) is 19.1 Å². The fourth-order valence-corrected chi connectivity index (χ4v) is 8.84. The predicted molar refractivity (Wildman–Crippen MR) is 184 cm³/mol. The first-order valence-corrected chi connectivity index (χ1v) is 17.8. The van der Waals surface area contributed by atoms with Crippen LogP contribution < -0.4 is 16.0 Å². The number of amides is 3. The molecule has 1 unspecified atom stereocenters. The molecule has 4 atom stereocenters. The molecular formula is C38H44FN7O4. The molecular weight excluding hydrogens is 637 g/mol. The second-order valence-electron chi connectivity index (χ2n) is 15.2. The molecule has 4 aliphatic rings. The minimum Gasteiger partial charge on any atom is -0.380 e. The number of hydrogen-bond acceptors (Lipinski definition) is 6. The number of H-pyrrole nitrogens is 1. The summed E-state index contributed by atoms with van der Waals surface area (Å²) < 4.78 is 22.1. The van der Waals surface area contributed by atoms with Gasteiger partial charge in [-0.05, 0) is 103 Å². The molecule has 262 valence electrons. The van der Waals surface area contributed by atoms with Gasteiger partial charge in [-0.25, -0.2) is 9.37 Å². The molecule has 12 heteroatoms. The highest BCUT2D eigenvalue weighted by molar-refractivity contribution is 5.95. The number of ether oxygens (including phenoxy) is 1. The van der Waals surface area contributed by atoms with Crippen molar-refractivity contribution in [3.05, 3.63) is 82.7 Å². The third kappa shape index (κ3) is 5.30. The number of fused-ring (bicyclic) bond motifs is 2. The van der Waals surface area contributed by atoms with Gasteiger partial charge in [0.15, 0.2) is 0 Å². The van der Waals surface area contributed by atoms with Crippen LogP contribution in [0.1, 0.15) is 97.3 Å². The van der Waals surface area contributed by atoms with Gasteiger partial charge in [0.25, 0.3) is 5.91 Å². The second-order valence-corrected chi connectivity index (χ2v) is 15.2. The monoisotopic (exact) mass is 681 g/mol. The summed E-state index contributed by atoms with van der Waals surface area (Å²) in [7, 11) is 1.72. The van der Waals surface area contributed by atoms with Gasteiger partial charge in [-0.2, -0.15) is 5.10 Å². The normalized spacial score (nSPS) is 24.0. The van der Waals surface area contributed by atoms with Crippen LogP contribution in [0, 0.1) is 16.6 Å². The van der Waals surface area contributed by atoms with E-state index in [-0.39, 0.29) is 46.9 Å². The summed E-state index contributed by atoms with van der Waals surface area (Å²) in [5, 5.41) is 13.5. The van der Waals surface area contributed by atoms with Crippen LogP contribution >= 0.6 is 0 Å². The number of carbonyl (C=O) groups is 3. The van der Waals surface area contributed by atoms with E-state index in [1.165, 1.54) is 10.7 Å². The lowest BCUT2D eigenvalue weighted by Gasteiger charge is -2.45. The number of benzene rings is 2. The molecule has 1 saturated heterocycles. The van der Waals surface area contributed by atoms with Crippen LogP contribution in [0.4, 0.5) is 4.39 Å². The highest BCUT2D eigenvalue weighted by atomic mass is 19.1. The zero-order valence-electron chi connectivity index (χ0n) is 28.8. The van der Waals surface area contributed by atoms with Crippen molar-refractivity contribution < 1.29 is 23.5 Å². The second kappa shape index (κ2) is 12.0. The molecule has 4 N–H and O–H groups in total. The van der Waals surface area contributed by atoms with E-state index in [4.69, 9.17) is 9.72 Å². The molecule has 0 radical (unpaired) electrons. The molecule has 3 fully saturated rings. The van der Waals surface area contributed by atoms with Crippen LogP contribution in [0.15, 0.2) is 48.7 Å². The van der Waals surface area contributed by atoms with E-state index >= 15 is 0 Å². The quantitative estimate of drug-likeness (QED) is 0.194. The SMILES string of the molecule is CCNC(=O)[C@H](NC(=O)C1(c2ccc3[nH]c([C@@H](NC(=O)c4ccnn4C)[C@H]4c5cc(F)ccc5CC45CC5)nc3c2)CCOC1)C1(C)CCC1. The minimum atomic E-state index is -0.995. The van der Waals surface area contributed by atoms with Gasteiger partial charge in [-0.1, -0.05) is 25.5 Å². The molecule has 4 aromatic rings. The largest absolute Gasteiger partial charge is 0.380 e. The molecule has 8 rings (SSSR count). The summed E-state index contributed by atoms with van der Waals surface area (Å²) in [6.45, 7) is 5.04. The van der Waals surface area contributed by atoms with Crippen molar-refractivity contribution in [3.63, 3.8) is 0 Å². The van der Waals surface area contributed by atoms with Crippen LogP contribution in [0.2, 0.25) is 0 Å². The van der Waals surface area contributed by atoms with Crippen molar-refractivity contribution in [2.24, 2.45) is 17.9 Å². The summed E-state index contributed by atoms with van der Waals surface area (Å²) in [4.78, 5) is 49.8. The molecule has 50 heavy (non-hydrogen) atoms. The van der Waals surface area contributed by atoms with Gasteiger partial charge < -0.3 is 25.7 Å². The summed E-state index contributed by atoms with van der Waals surface area (Å²) in [6.07, 6.45) is 7.60. The van der Waals surface area contributed by atoms with E-state index in [1.54, 1.807) is 25.4 Å². The van der Waals surface area contributed by atoms with E-state index in [0.717, 1.165) is 60.7 Å². The number of hydrogen-bond donors (Lipinski definition) is 4. The lowest BCUT2D eigenvalue weighted by molar-refractivity contribution is -0.136.